The van der Waals surface area contributed by atoms with Crippen molar-refractivity contribution in [3.8, 4) is 0 Å². The number of hydrogen-bond acceptors (Lipinski definition) is 3. The van der Waals surface area contributed by atoms with E-state index in [0.717, 1.165) is 18.4 Å². The topological polar surface area (TPSA) is 28.2 Å². The number of benzene rings is 1. The average molecular weight is 267 g/mol. The van der Waals surface area contributed by atoms with Crippen LogP contribution in [0, 0.1) is 11.8 Å². The fraction of sp³-hybridized carbons (Fsp3) is 0.471. The Kier molecular flexibility index (Phi) is 3.17. The molecule has 0 amide bonds. The first kappa shape index (κ1) is 12.3. The van der Waals surface area contributed by atoms with Crippen LogP contribution in [0.4, 0.5) is 0 Å². The third-order valence-electron chi connectivity index (χ3n) is 4.90. The lowest BCUT2D eigenvalue weighted by molar-refractivity contribution is 0.142. The number of hydrogen-bond donors (Lipinski definition) is 1. The summed E-state index contributed by atoms with van der Waals surface area (Å²) in [6.45, 7) is 5.94. The summed E-state index contributed by atoms with van der Waals surface area (Å²) in [7, 11) is 0. The second kappa shape index (κ2) is 5.15. The number of likely N-dealkylation sites (tertiary alicyclic amines) is 1. The first-order chi connectivity index (χ1) is 9.90. The molecule has 0 spiro atoms. The van der Waals surface area contributed by atoms with E-state index in [-0.39, 0.29) is 0 Å². The smallest absolute Gasteiger partial charge is 0.0746 e. The maximum atomic E-state index is 4.57. The van der Waals surface area contributed by atoms with Crippen LogP contribution in [0.15, 0.2) is 36.5 Å². The first-order valence-corrected chi connectivity index (χ1v) is 7.66. The van der Waals surface area contributed by atoms with Gasteiger partial charge in [-0.15, -0.1) is 0 Å². The van der Waals surface area contributed by atoms with Crippen molar-refractivity contribution in [2.75, 3.05) is 26.2 Å². The van der Waals surface area contributed by atoms with Gasteiger partial charge in [0, 0.05) is 24.7 Å². The molecule has 3 heterocycles. The van der Waals surface area contributed by atoms with Crippen molar-refractivity contribution in [1.29, 1.82) is 0 Å². The van der Waals surface area contributed by atoms with Crippen LogP contribution in [-0.4, -0.2) is 36.1 Å². The summed E-state index contributed by atoms with van der Waals surface area (Å²) in [5.74, 6) is 1.77. The van der Waals surface area contributed by atoms with Crippen LogP contribution >= 0.6 is 0 Å². The zero-order valence-corrected chi connectivity index (χ0v) is 11.8. The molecule has 0 bridgehead atoms. The molecule has 2 fully saturated rings. The molecule has 1 aromatic heterocycles. The zero-order valence-electron chi connectivity index (χ0n) is 11.8. The van der Waals surface area contributed by atoms with Gasteiger partial charge in [0.05, 0.1) is 5.52 Å². The molecule has 3 heteroatoms. The van der Waals surface area contributed by atoms with Gasteiger partial charge in [-0.2, -0.15) is 0 Å². The van der Waals surface area contributed by atoms with Gasteiger partial charge >= 0.3 is 0 Å². The molecule has 104 valence electrons. The van der Waals surface area contributed by atoms with Gasteiger partial charge in [0.15, 0.2) is 0 Å². The Balaban J connectivity index is 1.56. The minimum Gasteiger partial charge on any atom is -0.316 e. The van der Waals surface area contributed by atoms with Crippen LogP contribution in [0.25, 0.3) is 10.9 Å². The lowest BCUT2D eigenvalue weighted by Gasteiger charge is -2.34. The summed E-state index contributed by atoms with van der Waals surface area (Å²) in [6, 6.07) is 10.7. The predicted octanol–water partition coefficient (Wildman–Crippen LogP) is 2.28. The Morgan fingerprint density at radius 2 is 2.05 bits per heavy atom. The number of piperidine rings is 1. The van der Waals surface area contributed by atoms with Crippen LogP contribution in [0.5, 0.6) is 0 Å². The maximum Gasteiger partial charge on any atom is 0.0746 e. The molecule has 2 unspecified atom stereocenters. The van der Waals surface area contributed by atoms with Crippen molar-refractivity contribution in [2.24, 2.45) is 11.8 Å². The number of pyridine rings is 1. The molecule has 20 heavy (non-hydrogen) atoms. The Morgan fingerprint density at radius 3 is 3.05 bits per heavy atom. The van der Waals surface area contributed by atoms with Gasteiger partial charge in [-0.05, 0) is 49.5 Å². The average Bonchev–Trinajstić information content (AvgIpc) is 2.95. The molecule has 2 saturated heterocycles. The molecule has 0 saturated carbocycles. The minimum atomic E-state index is 0.853. The molecule has 3 nitrogen and oxygen atoms in total. The summed E-state index contributed by atoms with van der Waals surface area (Å²) >= 11 is 0. The van der Waals surface area contributed by atoms with Crippen LogP contribution in [0.2, 0.25) is 0 Å². The number of fused-ring (bicyclic) bond motifs is 2. The molecule has 1 aromatic carbocycles. The summed E-state index contributed by atoms with van der Waals surface area (Å²) in [6.07, 6.45) is 3.24. The van der Waals surface area contributed by atoms with E-state index in [0.29, 0.717) is 0 Å². The zero-order chi connectivity index (χ0) is 13.4. The van der Waals surface area contributed by atoms with E-state index >= 15 is 0 Å². The highest BCUT2D eigenvalue weighted by molar-refractivity contribution is 5.81. The highest BCUT2D eigenvalue weighted by Crippen LogP contribution is 2.28. The standard InChI is InChI=1S/C17H21N3/c1-3-13-5-2-7-19-17(13)15(4-1)11-20-8-6-14-9-18-10-16(14)12-20/h1-5,7,14,16,18H,6,8-12H2. The van der Waals surface area contributed by atoms with Gasteiger partial charge in [0.1, 0.15) is 0 Å². The van der Waals surface area contributed by atoms with E-state index in [4.69, 9.17) is 0 Å². The monoisotopic (exact) mass is 267 g/mol. The van der Waals surface area contributed by atoms with E-state index in [2.05, 4.69) is 39.5 Å². The number of nitrogens with one attached hydrogen (secondary N) is 1. The highest BCUT2D eigenvalue weighted by Gasteiger charge is 2.32. The number of aromatic nitrogens is 1. The quantitative estimate of drug-likeness (QED) is 0.905. The van der Waals surface area contributed by atoms with E-state index in [1.165, 1.54) is 49.1 Å². The normalized spacial score (nSPS) is 26.8. The number of nitrogens with zero attached hydrogens (tertiary/aromatic N) is 2. The van der Waals surface area contributed by atoms with Crippen molar-refractivity contribution in [1.82, 2.24) is 15.2 Å². The summed E-state index contributed by atoms with van der Waals surface area (Å²) < 4.78 is 0. The van der Waals surface area contributed by atoms with Crippen molar-refractivity contribution in [3.63, 3.8) is 0 Å². The third kappa shape index (κ3) is 2.21. The maximum absolute atomic E-state index is 4.57. The van der Waals surface area contributed by atoms with E-state index in [9.17, 15) is 0 Å². The van der Waals surface area contributed by atoms with E-state index in [1.807, 2.05) is 12.3 Å². The SMILES string of the molecule is c1cnc2c(CN3CCC4CNCC4C3)cccc2c1. The molecule has 2 aromatic rings. The number of rotatable bonds is 2. The summed E-state index contributed by atoms with van der Waals surface area (Å²) in [5.41, 5.74) is 2.54. The third-order valence-corrected chi connectivity index (χ3v) is 4.90. The van der Waals surface area contributed by atoms with E-state index < -0.39 is 0 Å². The van der Waals surface area contributed by atoms with E-state index in [1.54, 1.807) is 0 Å². The fourth-order valence-electron chi connectivity index (χ4n) is 3.79. The van der Waals surface area contributed by atoms with Crippen molar-refractivity contribution >= 4 is 10.9 Å². The molecule has 4 rings (SSSR count). The first-order valence-electron chi connectivity index (χ1n) is 7.66. The summed E-state index contributed by atoms with van der Waals surface area (Å²) in [4.78, 5) is 7.18. The number of para-hydroxylation sites is 1. The Morgan fingerprint density at radius 1 is 1.15 bits per heavy atom. The van der Waals surface area contributed by atoms with Crippen LogP contribution in [0.1, 0.15) is 12.0 Å². The lowest BCUT2D eigenvalue weighted by Crippen LogP contribution is -2.39. The Labute approximate surface area is 120 Å². The largest absolute Gasteiger partial charge is 0.316 e. The Hall–Kier alpha value is -1.45. The highest BCUT2D eigenvalue weighted by atomic mass is 15.1. The van der Waals surface area contributed by atoms with Gasteiger partial charge in [-0.3, -0.25) is 9.88 Å². The predicted molar refractivity (Wildman–Crippen MR) is 81.5 cm³/mol. The molecule has 0 radical (unpaired) electrons. The molecule has 0 aliphatic carbocycles. The second-order valence-electron chi connectivity index (χ2n) is 6.19. The van der Waals surface area contributed by atoms with Gasteiger partial charge < -0.3 is 5.32 Å². The molecule has 2 aliphatic rings. The minimum absolute atomic E-state index is 0.853. The lowest BCUT2D eigenvalue weighted by atomic mass is 9.88. The molecule has 2 aliphatic heterocycles. The van der Waals surface area contributed by atoms with Crippen molar-refractivity contribution < 1.29 is 0 Å². The van der Waals surface area contributed by atoms with Crippen molar-refractivity contribution in [2.45, 2.75) is 13.0 Å². The van der Waals surface area contributed by atoms with Gasteiger partial charge in [0.25, 0.3) is 0 Å². The Bertz CT molecular complexity index is 605. The van der Waals surface area contributed by atoms with Crippen LogP contribution in [0.3, 0.4) is 0 Å². The van der Waals surface area contributed by atoms with Crippen molar-refractivity contribution in [3.05, 3.63) is 42.1 Å². The summed E-state index contributed by atoms with van der Waals surface area (Å²) in [5, 5.41) is 4.79. The van der Waals surface area contributed by atoms with Crippen LogP contribution < -0.4 is 5.32 Å². The van der Waals surface area contributed by atoms with Crippen LogP contribution in [-0.2, 0) is 6.54 Å². The molecule has 2 atom stereocenters. The molecular formula is C17H21N3. The van der Waals surface area contributed by atoms with Gasteiger partial charge in [-0.25, -0.2) is 0 Å². The molecule has 1 N–H and O–H groups in total. The fourth-order valence-corrected chi connectivity index (χ4v) is 3.79. The van der Waals surface area contributed by atoms with Gasteiger partial charge in [0.2, 0.25) is 0 Å². The molecular weight excluding hydrogens is 246 g/mol. The second-order valence-corrected chi connectivity index (χ2v) is 6.19. The van der Waals surface area contributed by atoms with Gasteiger partial charge in [-0.1, -0.05) is 24.3 Å².